The monoisotopic (exact) mass is 256 g/mol. The molecule has 0 N–H and O–H groups in total. The fourth-order valence-electron chi connectivity index (χ4n) is 0.807. The van der Waals surface area contributed by atoms with Crippen LogP contribution in [0.1, 0.15) is 5.56 Å². The number of hydrogen-bond acceptors (Lipinski definition) is 1. The highest BCUT2D eigenvalue weighted by Gasteiger charge is 2.28. The van der Waals surface area contributed by atoms with E-state index in [0.717, 1.165) is 5.56 Å². The molecule has 1 aromatic rings. The van der Waals surface area contributed by atoms with Crippen molar-refractivity contribution in [2.45, 2.75) is 8.88 Å². The van der Waals surface area contributed by atoms with Crippen LogP contribution in [0.5, 0.6) is 0 Å². The molecule has 0 amide bonds. The van der Waals surface area contributed by atoms with Crippen LogP contribution in [0.25, 0.3) is 0 Å². The van der Waals surface area contributed by atoms with E-state index in [1.807, 2.05) is 30.3 Å². The Labute approximate surface area is 94.4 Å². The quantitative estimate of drug-likeness (QED) is 0.743. The van der Waals surface area contributed by atoms with Gasteiger partial charge in [0.15, 0.2) is 0 Å². The number of hydrogen-bond donors (Lipinski definition) is 0. The molecule has 0 spiro atoms. The van der Waals surface area contributed by atoms with E-state index in [4.69, 9.17) is 34.8 Å². The molecule has 0 saturated carbocycles. The van der Waals surface area contributed by atoms with E-state index >= 15 is 0 Å². The number of benzene rings is 1. The summed E-state index contributed by atoms with van der Waals surface area (Å²) in [6.45, 7) is 0. The molecule has 0 heterocycles. The zero-order valence-electron chi connectivity index (χ0n) is 6.54. The van der Waals surface area contributed by atoms with Gasteiger partial charge in [-0.3, -0.25) is 4.21 Å². The van der Waals surface area contributed by atoms with Gasteiger partial charge in [-0.05, 0) is 5.56 Å². The number of rotatable bonds is 2. The van der Waals surface area contributed by atoms with Crippen molar-refractivity contribution in [2.75, 3.05) is 0 Å². The van der Waals surface area contributed by atoms with Gasteiger partial charge in [-0.2, -0.15) is 0 Å². The molecule has 1 unspecified atom stereocenters. The molecule has 0 fully saturated rings. The van der Waals surface area contributed by atoms with Crippen molar-refractivity contribution in [1.29, 1.82) is 0 Å². The van der Waals surface area contributed by atoms with Gasteiger partial charge in [0.25, 0.3) is 3.12 Å². The summed E-state index contributed by atoms with van der Waals surface area (Å²) in [5, 5.41) is 0. The van der Waals surface area contributed by atoms with Crippen LogP contribution in [0, 0.1) is 0 Å². The zero-order chi connectivity index (χ0) is 9.90. The van der Waals surface area contributed by atoms with E-state index in [9.17, 15) is 4.21 Å². The van der Waals surface area contributed by atoms with Gasteiger partial charge in [-0.1, -0.05) is 65.1 Å². The van der Waals surface area contributed by atoms with Crippen LogP contribution in [-0.2, 0) is 16.6 Å². The molecular formula is C8H7Cl3OS. The third-order valence-corrected chi connectivity index (χ3v) is 4.06. The van der Waals surface area contributed by atoms with Gasteiger partial charge in [0.2, 0.25) is 0 Å². The minimum atomic E-state index is -1.70. The fraction of sp³-hybridized carbons (Fsp3) is 0.250. The summed E-state index contributed by atoms with van der Waals surface area (Å²) in [5.41, 5.74) is 0.896. The lowest BCUT2D eigenvalue weighted by Crippen LogP contribution is -2.13. The van der Waals surface area contributed by atoms with Crippen LogP contribution < -0.4 is 0 Å². The molecule has 0 aliphatic carbocycles. The molecule has 0 aliphatic heterocycles. The van der Waals surface area contributed by atoms with Crippen LogP contribution in [0.3, 0.4) is 0 Å². The maximum Gasteiger partial charge on any atom is 0.266 e. The summed E-state index contributed by atoms with van der Waals surface area (Å²) in [4.78, 5) is 0. The summed E-state index contributed by atoms with van der Waals surface area (Å²) in [7, 11) is -1.49. The van der Waals surface area contributed by atoms with Crippen LogP contribution in [0.15, 0.2) is 30.3 Å². The van der Waals surface area contributed by atoms with Crippen LogP contribution in [0.4, 0.5) is 0 Å². The smallest absolute Gasteiger partial charge is 0.255 e. The van der Waals surface area contributed by atoms with E-state index in [0.29, 0.717) is 0 Å². The van der Waals surface area contributed by atoms with Crippen molar-refractivity contribution in [1.82, 2.24) is 0 Å². The van der Waals surface area contributed by atoms with Gasteiger partial charge >= 0.3 is 0 Å². The highest BCUT2D eigenvalue weighted by molar-refractivity contribution is 7.90. The molecule has 0 bridgehead atoms. The highest BCUT2D eigenvalue weighted by atomic mass is 35.6. The third kappa shape index (κ3) is 3.86. The fourth-order valence-corrected chi connectivity index (χ4v) is 1.96. The molecule has 1 aromatic carbocycles. The van der Waals surface area contributed by atoms with Crippen molar-refractivity contribution >= 4 is 45.6 Å². The average Bonchev–Trinajstić information content (AvgIpc) is 2.04. The summed E-state index contributed by atoms with van der Waals surface area (Å²) >= 11 is 16.4. The van der Waals surface area contributed by atoms with E-state index in [1.54, 1.807) is 0 Å². The Morgan fingerprint density at radius 2 is 1.69 bits per heavy atom. The Morgan fingerprint density at radius 3 is 2.15 bits per heavy atom. The molecule has 72 valence electrons. The van der Waals surface area contributed by atoms with E-state index < -0.39 is 13.9 Å². The molecule has 0 aliphatic rings. The minimum absolute atomic E-state index is 0.261. The lowest BCUT2D eigenvalue weighted by Gasteiger charge is -2.09. The van der Waals surface area contributed by atoms with Crippen molar-refractivity contribution < 1.29 is 4.21 Å². The first-order valence-electron chi connectivity index (χ1n) is 3.49. The van der Waals surface area contributed by atoms with E-state index in [2.05, 4.69) is 0 Å². The van der Waals surface area contributed by atoms with E-state index in [1.165, 1.54) is 0 Å². The maximum absolute atomic E-state index is 11.3. The van der Waals surface area contributed by atoms with Gasteiger partial charge in [0.1, 0.15) is 0 Å². The van der Waals surface area contributed by atoms with Gasteiger partial charge < -0.3 is 0 Å². The van der Waals surface area contributed by atoms with Crippen LogP contribution in [0.2, 0.25) is 0 Å². The SMILES string of the molecule is O=S(Cc1ccccc1)C(Cl)(Cl)Cl. The summed E-state index contributed by atoms with van der Waals surface area (Å²) < 4.78 is 9.65. The topological polar surface area (TPSA) is 17.1 Å². The predicted molar refractivity (Wildman–Crippen MR) is 58.6 cm³/mol. The van der Waals surface area contributed by atoms with Gasteiger partial charge in [0, 0.05) is 0 Å². The molecular weight excluding hydrogens is 251 g/mol. The van der Waals surface area contributed by atoms with Crippen molar-refractivity contribution in [3.8, 4) is 0 Å². The molecule has 1 nitrogen and oxygen atoms in total. The predicted octanol–water partition coefficient (Wildman–Crippen LogP) is 3.26. The van der Waals surface area contributed by atoms with Gasteiger partial charge in [0.05, 0.1) is 16.6 Å². The van der Waals surface area contributed by atoms with Gasteiger partial charge in [-0.15, -0.1) is 0 Å². The Bertz CT molecular complexity index is 294. The standard InChI is InChI=1S/C8H7Cl3OS/c9-8(10,11)13(12)6-7-4-2-1-3-5-7/h1-5H,6H2. The zero-order valence-corrected chi connectivity index (χ0v) is 9.63. The lowest BCUT2D eigenvalue weighted by molar-refractivity contribution is 0.683. The molecule has 0 aromatic heterocycles. The Balaban J connectivity index is 2.66. The maximum atomic E-state index is 11.3. The summed E-state index contributed by atoms with van der Waals surface area (Å²) in [6, 6.07) is 9.26. The van der Waals surface area contributed by atoms with Crippen LogP contribution >= 0.6 is 34.8 Å². The molecule has 13 heavy (non-hydrogen) atoms. The summed E-state index contributed by atoms with van der Waals surface area (Å²) in [5.74, 6) is 0.261. The average molecular weight is 258 g/mol. The normalized spacial score (nSPS) is 14.1. The molecule has 1 atom stereocenters. The molecule has 5 heteroatoms. The van der Waals surface area contributed by atoms with Crippen molar-refractivity contribution in [2.24, 2.45) is 0 Å². The first-order chi connectivity index (χ1) is 6.00. The summed E-state index contributed by atoms with van der Waals surface area (Å²) in [6.07, 6.45) is 0. The van der Waals surface area contributed by atoms with Crippen LogP contribution in [-0.4, -0.2) is 7.33 Å². The second-order valence-corrected chi connectivity index (χ2v) is 6.97. The largest absolute Gasteiger partial charge is 0.266 e. The minimum Gasteiger partial charge on any atom is -0.255 e. The second kappa shape index (κ2) is 4.65. The second-order valence-electron chi connectivity index (χ2n) is 2.42. The lowest BCUT2D eigenvalue weighted by atomic mass is 10.2. The Morgan fingerprint density at radius 1 is 1.15 bits per heavy atom. The van der Waals surface area contributed by atoms with Crippen molar-refractivity contribution in [3.63, 3.8) is 0 Å². The number of alkyl halides is 3. The Kier molecular flexibility index (Phi) is 4.05. The molecule has 1 rings (SSSR count). The third-order valence-electron chi connectivity index (χ3n) is 1.40. The first-order valence-corrected chi connectivity index (χ1v) is 5.94. The van der Waals surface area contributed by atoms with E-state index in [-0.39, 0.29) is 5.75 Å². The van der Waals surface area contributed by atoms with Crippen molar-refractivity contribution in [3.05, 3.63) is 35.9 Å². The molecule has 0 saturated heterocycles. The van der Waals surface area contributed by atoms with Gasteiger partial charge in [-0.25, -0.2) is 0 Å². The Hall–Kier alpha value is 0.240. The molecule has 0 radical (unpaired) electrons. The highest BCUT2D eigenvalue weighted by Crippen LogP contribution is 2.31. The number of halogens is 3. The first kappa shape index (κ1) is 11.3.